The number of carboxylic acid groups (broad SMARTS) is 1. The molecule has 0 unspecified atom stereocenters. The Morgan fingerprint density at radius 2 is 2.00 bits per heavy atom. The van der Waals surface area contributed by atoms with Crippen LogP contribution < -0.4 is 4.74 Å². The monoisotopic (exact) mass is 561 g/mol. The fourth-order valence-corrected chi connectivity index (χ4v) is 6.27. The molecule has 7 nitrogen and oxygen atoms in total. The molecule has 3 heterocycles. The van der Waals surface area contributed by atoms with Crippen LogP contribution in [-0.2, 0) is 16.0 Å². The minimum absolute atomic E-state index is 0.113. The van der Waals surface area contributed by atoms with E-state index in [-0.39, 0.29) is 12.5 Å². The summed E-state index contributed by atoms with van der Waals surface area (Å²) in [6, 6.07) is 14.0. The molecule has 0 amide bonds. The molecule has 1 aliphatic heterocycles. The van der Waals surface area contributed by atoms with Crippen LogP contribution in [0.25, 0.3) is 42.8 Å². The highest BCUT2D eigenvalue weighted by molar-refractivity contribution is 7.22. The Labute approximate surface area is 235 Å². The zero-order valence-corrected chi connectivity index (χ0v) is 23.7. The van der Waals surface area contributed by atoms with Gasteiger partial charge in [-0.25, -0.2) is 4.98 Å². The summed E-state index contributed by atoms with van der Waals surface area (Å²) in [5, 5.41) is 16.8. The van der Waals surface area contributed by atoms with Crippen molar-refractivity contribution in [2.75, 3.05) is 13.2 Å². The van der Waals surface area contributed by atoms with Crippen LogP contribution in [0, 0.1) is 6.92 Å². The lowest BCUT2D eigenvalue weighted by Crippen LogP contribution is -2.31. The van der Waals surface area contributed by atoms with Crippen LogP contribution in [0.3, 0.4) is 0 Å². The molecule has 0 spiro atoms. The van der Waals surface area contributed by atoms with Gasteiger partial charge < -0.3 is 14.6 Å². The van der Waals surface area contributed by atoms with Crippen LogP contribution in [-0.4, -0.2) is 44.7 Å². The van der Waals surface area contributed by atoms with Crippen LogP contribution >= 0.6 is 22.9 Å². The number of hydrogen-bond donors (Lipinski definition) is 1. The fourth-order valence-electron chi connectivity index (χ4n) is 4.98. The molecule has 5 aromatic rings. The number of ether oxygens (including phenoxy) is 2. The number of fused-ring (bicyclic) bond motifs is 2. The molecule has 0 radical (unpaired) electrons. The smallest absolute Gasteiger partial charge is 0.307 e. The van der Waals surface area contributed by atoms with Crippen molar-refractivity contribution in [3.63, 3.8) is 0 Å². The molecule has 1 aliphatic rings. The number of carboxylic acids is 1. The van der Waals surface area contributed by atoms with Gasteiger partial charge >= 0.3 is 5.97 Å². The van der Waals surface area contributed by atoms with E-state index in [1.54, 1.807) is 17.4 Å². The van der Waals surface area contributed by atoms with Gasteiger partial charge in [0.1, 0.15) is 16.4 Å². The van der Waals surface area contributed by atoms with Gasteiger partial charge in [-0.3, -0.25) is 9.48 Å². The molecular formula is C30H28ClN3O4S. The lowest BCUT2D eigenvalue weighted by atomic mass is 9.92. The summed E-state index contributed by atoms with van der Waals surface area (Å²) in [6.07, 6.45) is 1.77. The van der Waals surface area contributed by atoms with E-state index in [4.69, 9.17) is 26.1 Å². The number of carbonyl (C=O) groups is 1. The first-order chi connectivity index (χ1) is 18.6. The lowest BCUT2D eigenvalue weighted by Gasteiger charge is -2.26. The SMILES string of the molecule is Cc1cc2nc(-c3ccc4c(cnn4C4COC4)c3)sc2c(-c2ccc(Cl)cc2OC(C)(C)C)c1CC(=O)O. The van der Waals surface area contributed by atoms with Crippen LogP contribution in [0.4, 0.5) is 0 Å². The molecule has 1 saturated heterocycles. The number of nitrogens with zero attached hydrogens (tertiary/aromatic N) is 3. The van der Waals surface area contributed by atoms with Gasteiger partial charge in [-0.15, -0.1) is 11.3 Å². The van der Waals surface area contributed by atoms with Crippen molar-refractivity contribution in [1.82, 2.24) is 14.8 Å². The summed E-state index contributed by atoms with van der Waals surface area (Å²) in [5.41, 5.74) is 5.63. The summed E-state index contributed by atoms with van der Waals surface area (Å²) < 4.78 is 14.6. The van der Waals surface area contributed by atoms with Gasteiger partial charge in [0.15, 0.2) is 0 Å². The normalized spacial score (nSPS) is 14.2. The van der Waals surface area contributed by atoms with Gasteiger partial charge in [-0.2, -0.15) is 5.10 Å². The van der Waals surface area contributed by atoms with Crippen LogP contribution in [0.5, 0.6) is 5.75 Å². The van der Waals surface area contributed by atoms with Gasteiger partial charge in [0.2, 0.25) is 0 Å². The Hall–Kier alpha value is -3.46. The molecule has 3 aromatic carbocycles. The number of hydrogen-bond acceptors (Lipinski definition) is 6. The summed E-state index contributed by atoms with van der Waals surface area (Å²) in [7, 11) is 0. The molecule has 1 N–H and O–H groups in total. The number of thiazole rings is 1. The second kappa shape index (κ2) is 9.62. The molecule has 0 saturated carbocycles. The first-order valence-electron chi connectivity index (χ1n) is 12.8. The maximum absolute atomic E-state index is 12.0. The quantitative estimate of drug-likeness (QED) is 0.234. The average Bonchev–Trinajstić information content (AvgIpc) is 3.42. The van der Waals surface area contributed by atoms with Gasteiger partial charge in [0, 0.05) is 27.1 Å². The van der Waals surface area contributed by atoms with E-state index in [9.17, 15) is 9.90 Å². The first kappa shape index (κ1) is 25.8. The number of aromatic nitrogens is 3. The summed E-state index contributed by atoms with van der Waals surface area (Å²) >= 11 is 7.93. The van der Waals surface area contributed by atoms with Crippen LogP contribution in [0.2, 0.25) is 5.02 Å². The third-order valence-corrected chi connectivity index (χ3v) is 8.15. The third-order valence-electron chi connectivity index (χ3n) is 6.78. The van der Waals surface area contributed by atoms with E-state index >= 15 is 0 Å². The molecule has 200 valence electrons. The minimum Gasteiger partial charge on any atom is -0.487 e. The number of benzene rings is 3. The van der Waals surface area contributed by atoms with E-state index in [1.807, 2.05) is 56.8 Å². The maximum Gasteiger partial charge on any atom is 0.307 e. The number of rotatable bonds is 6. The van der Waals surface area contributed by atoms with Crippen LogP contribution in [0.1, 0.15) is 37.9 Å². The maximum atomic E-state index is 12.0. The zero-order valence-electron chi connectivity index (χ0n) is 22.1. The zero-order chi connectivity index (χ0) is 27.5. The predicted octanol–water partition coefficient (Wildman–Crippen LogP) is 7.32. The summed E-state index contributed by atoms with van der Waals surface area (Å²) in [4.78, 5) is 17.0. The van der Waals surface area contributed by atoms with E-state index in [0.29, 0.717) is 24.0 Å². The molecule has 9 heteroatoms. The number of aliphatic carboxylic acids is 1. The molecule has 39 heavy (non-hydrogen) atoms. The Morgan fingerprint density at radius 3 is 2.69 bits per heavy atom. The Kier molecular flexibility index (Phi) is 6.37. The first-order valence-corrected chi connectivity index (χ1v) is 14.0. The van der Waals surface area contributed by atoms with Crippen molar-refractivity contribution in [1.29, 1.82) is 0 Å². The van der Waals surface area contributed by atoms with Crippen molar-refractivity contribution >= 4 is 50.0 Å². The topological polar surface area (TPSA) is 86.5 Å². The lowest BCUT2D eigenvalue weighted by molar-refractivity contribution is -0.136. The Morgan fingerprint density at radius 1 is 1.21 bits per heavy atom. The predicted molar refractivity (Wildman–Crippen MR) is 155 cm³/mol. The van der Waals surface area contributed by atoms with E-state index in [1.165, 1.54) is 0 Å². The Bertz CT molecular complexity index is 1750. The van der Waals surface area contributed by atoms with Gasteiger partial charge in [-0.1, -0.05) is 11.6 Å². The molecule has 2 aromatic heterocycles. The van der Waals surface area contributed by atoms with Crippen molar-refractivity contribution in [2.45, 2.75) is 45.8 Å². The molecule has 0 bridgehead atoms. The Balaban J connectivity index is 1.54. The highest BCUT2D eigenvalue weighted by Gasteiger charge is 2.25. The van der Waals surface area contributed by atoms with E-state index in [0.717, 1.165) is 53.9 Å². The third kappa shape index (κ3) is 4.88. The van der Waals surface area contributed by atoms with Crippen molar-refractivity contribution in [3.05, 3.63) is 64.8 Å². The van der Waals surface area contributed by atoms with Crippen molar-refractivity contribution < 1.29 is 19.4 Å². The van der Waals surface area contributed by atoms with Gasteiger partial charge in [0.05, 0.1) is 47.6 Å². The molecule has 0 atom stereocenters. The highest BCUT2D eigenvalue weighted by Crippen LogP contribution is 2.45. The van der Waals surface area contributed by atoms with E-state index < -0.39 is 11.6 Å². The average molecular weight is 562 g/mol. The second-order valence-corrected chi connectivity index (χ2v) is 12.3. The van der Waals surface area contributed by atoms with Crippen molar-refractivity contribution in [2.24, 2.45) is 0 Å². The van der Waals surface area contributed by atoms with Crippen LogP contribution in [0.15, 0.2) is 48.7 Å². The minimum atomic E-state index is -0.894. The fraction of sp³-hybridized carbons (Fsp3) is 0.300. The van der Waals surface area contributed by atoms with E-state index in [2.05, 4.69) is 23.3 Å². The standard InChI is InChI=1S/C30H28ClN3O4S/c1-16-9-23-28(27(22(16)12-26(35)36)21-7-6-19(31)11-25(21)38-30(2,3)4)39-29(33-23)17-5-8-24-18(10-17)13-32-34(24)20-14-37-15-20/h5-11,13,20H,12,14-15H2,1-4H3,(H,35,36). The number of halogens is 1. The van der Waals surface area contributed by atoms with Gasteiger partial charge in [0.25, 0.3) is 0 Å². The molecule has 6 rings (SSSR count). The summed E-state index contributed by atoms with van der Waals surface area (Å²) in [5.74, 6) is -0.285. The second-order valence-electron chi connectivity index (χ2n) is 10.9. The van der Waals surface area contributed by atoms with Crippen molar-refractivity contribution in [3.8, 4) is 27.4 Å². The molecular weight excluding hydrogens is 534 g/mol. The molecule has 0 aliphatic carbocycles. The van der Waals surface area contributed by atoms with Gasteiger partial charge in [-0.05, 0) is 81.3 Å². The number of aryl methyl sites for hydroxylation is 1. The molecule has 1 fully saturated rings. The highest BCUT2D eigenvalue weighted by atomic mass is 35.5. The largest absolute Gasteiger partial charge is 0.487 e. The summed E-state index contributed by atoms with van der Waals surface area (Å²) in [6.45, 7) is 9.23.